The molecule has 0 N–H and O–H groups in total. The zero-order valence-corrected chi connectivity index (χ0v) is 20.0. The summed E-state index contributed by atoms with van der Waals surface area (Å²) >= 11 is 0. The number of hydrogen-bond donors (Lipinski definition) is 0. The molecule has 1 atom stereocenters. The number of carbonyl (C=O) groups is 1. The average molecular weight is 454 g/mol. The lowest BCUT2D eigenvalue weighted by atomic mass is 10.1. The van der Waals surface area contributed by atoms with Crippen LogP contribution in [0, 0.1) is 6.92 Å². The molecule has 0 aliphatic carbocycles. The van der Waals surface area contributed by atoms with Crippen molar-refractivity contribution in [3.63, 3.8) is 0 Å². The molecule has 0 aromatic heterocycles. The highest BCUT2D eigenvalue weighted by atomic mass is 16.5. The molecule has 2 fully saturated rings. The van der Waals surface area contributed by atoms with Crippen LogP contribution in [-0.4, -0.2) is 93.4 Å². The van der Waals surface area contributed by atoms with E-state index in [9.17, 15) is 4.79 Å². The third kappa shape index (κ3) is 6.05. The van der Waals surface area contributed by atoms with E-state index in [1.165, 1.54) is 5.56 Å². The molecule has 0 spiro atoms. The summed E-state index contributed by atoms with van der Waals surface area (Å²) < 4.78 is 17.0. The van der Waals surface area contributed by atoms with E-state index in [0.717, 1.165) is 81.6 Å². The second-order valence-electron chi connectivity index (χ2n) is 8.86. The van der Waals surface area contributed by atoms with Gasteiger partial charge in [-0.05, 0) is 25.1 Å². The summed E-state index contributed by atoms with van der Waals surface area (Å²) in [5.74, 6) is 1.78. The zero-order valence-electron chi connectivity index (χ0n) is 20.0. The van der Waals surface area contributed by atoms with E-state index in [-0.39, 0.29) is 12.0 Å². The van der Waals surface area contributed by atoms with Crippen LogP contribution in [0.15, 0.2) is 42.5 Å². The van der Waals surface area contributed by atoms with Crippen LogP contribution in [0.2, 0.25) is 0 Å². The Kier molecular flexibility index (Phi) is 7.85. The normalized spacial score (nSPS) is 20.0. The third-order valence-electron chi connectivity index (χ3n) is 6.53. The third-order valence-corrected chi connectivity index (χ3v) is 6.53. The molecule has 0 saturated carbocycles. The highest BCUT2D eigenvalue weighted by Gasteiger charge is 2.27. The first-order chi connectivity index (χ1) is 16.1. The minimum Gasteiger partial charge on any atom is -0.497 e. The van der Waals surface area contributed by atoms with Gasteiger partial charge in [-0.25, -0.2) is 0 Å². The summed E-state index contributed by atoms with van der Waals surface area (Å²) in [7, 11) is 3.36. The summed E-state index contributed by atoms with van der Waals surface area (Å²) in [4.78, 5) is 19.6. The van der Waals surface area contributed by atoms with E-state index in [0.29, 0.717) is 0 Å². The van der Waals surface area contributed by atoms with Crippen molar-refractivity contribution in [1.29, 1.82) is 0 Å². The van der Waals surface area contributed by atoms with E-state index in [1.807, 2.05) is 48.2 Å². The number of rotatable bonds is 7. The van der Waals surface area contributed by atoms with Crippen LogP contribution >= 0.6 is 0 Å². The van der Waals surface area contributed by atoms with E-state index in [2.05, 4.69) is 15.9 Å². The molecular weight excluding hydrogens is 418 g/mol. The zero-order chi connectivity index (χ0) is 23.2. The summed E-state index contributed by atoms with van der Waals surface area (Å²) in [6.45, 7) is 9.55. The second kappa shape index (κ2) is 11.0. The van der Waals surface area contributed by atoms with Gasteiger partial charge in [0.25, 0.3) is 5.91 Å². The molecule has 2 aliphatic heterocycles. The highest BCUT2D eigenvalue weighted by Crippen LogP contribution is 2.26. The predicted octanol–water partition coefficient (Wildman–Crippen LogP) is 2.67. The van der Waals surface area contributed by atoms with Gasteiger partial charge in [0.15, 0.2) is 0 Å². The summed E-state index contributed by atoms with van der Waals surface area (Å²) in [6, 6.07) is 13.8. The number of benzene rings is 2. The molecule has 178 valence electrons. The van der Waals surface area contributed by atoms with Gasteiger partial charge >= 0.3 is 0 Å². The lowest BCUT2D eigenvalue weighted by molar-refractivity contribution is -0.0498. The number of morpholine rings is 1. The quantitative estimate of drug-likeness (QED) is 0.643. The van der Waals surface area contributed by atoms with Gasteiger partial charge < -0.3 is 19.1 Å². The fourth-order valence-electron chi connectivity index (χ4n) is 4.56. The lowest BCUT2D eigenvalue weighted by Gasteiger charge is -2.39. The molecule has 2 aliphatic rings. The molecule has 0 radical (unpaired) electrons. The maximum Gasteiger partial charge on any atom is 0.253 e. The standard InChI is InChI=1S/C26H35N3O4/c1-20-4-6-21(7-5-20)26(30)29-12-10-27(11-13-29)18-24-19-28(14-15-33-24)17-22-8-9-23(31-2)16-25(22)32-3/h4-9,16,24H,10-15,17-19H2,1-3H3. The monoisotopic (exact) mass is 453 g/mol. The van der Waals surface area contributed by atoms with Gasteiger partial charge in [0.1, 0.15) is 11.5 Å². The molecule has 4 rings (SSSR count). The van der Waals surface area contributed by atoms with Crippen molar-refractivity contribution >= 4 is 5.91 Å². The molecule has 2 heterocycles. The number of amides is 1. The van der Waals surface area contributed by atoms with E-state index >= 15 is 0 Å². The van der Waals surface area contributed by atoms with Crippen molar-refractivity contribution in [2.24, 2.45) is 0 Å². The van der Waals surface area contributed by atoms with Crippen LogP contribution in [0.1, 0.15) is 21.5 Å². The maximum atomic E-state index is 12.8. The van der Waals surface area contributed by atoms with Gasteiger partial charge in [-0.3, -0.25) is 14.6 Å². The van der Waals surface area contributed by atoms with E-state index < -0.39 is 0 Å². The smallest absolute Gasteiger partial charge is 0.253 e. The molecule has 33 heavy (non-hydrogen) atoms. The highest BCUT2D eigenvalue weighted by molar-refractivity contribution is 5.94. The first-order valence-electron chi connectivity index (χ1n) is 11.7. The molecule has 7 nitrogen and oxygen atoms in total. The van der Waals surface area contributed by atoms with Crippen molar-refractivity contribution in [3.8, 4) is 11.5 Å². The lowest BCUT2D eigenvalue weighted by Crippen LogP contribution is -2.53. The Morgan fingerprint density at radius 1 is 0.970 bits per heavy atom. The number of ether oxygens (including phenoxy) is 3. The Hall–Kier alpha value is -2.61. The number of nitrogens with zero attached hydrogens (tertiary/aromatic N) is 3. The van der Waals surface area contributed by atoms with Crippen LogP contribution in [0.5, 0.6) is 11.5 Å². The molecule has 2 aromatic rings. The molecule has 2 aromatic carbocycles. The molecule has 1 unspecified atom stereocenters. The molecular formula is C26H35N3O4. The SMILES string of the molecule is COc1ccc(CN2CCOC(CN3CCN(C(=O)c4ccc(C)cc4)CC3)C2)c(OC)c1. The van der Waals surface area contributed by atoms with Gasteiger partial charge in [-0.1, -0.05) is 23.8 Å². The average Bonchev–Trinajstić information content (AvgIpc) is 2.85. The molecule has 1 amide bonds. The first-order valence-corrected chi connectivity index (χ1v) is 11.7. The summed E-state index contributed by atoms with van der Waals surface area (Å²) in [5.41, 5.74) is 3.10. The number of carbonyl (C=O) groups excluding carboxylic acids is 1. The van der Waals surface area contributed by atoms with Crippen LogP contribution in [-0.2, 0) is 11.3 Å². The molecule has 2 saturated heterocycles. The van der Waals surface area contributed by atoms with E-state index in [1.54, 1.807) is 14.2 Å². The van der Waals surface area contributed by atoms with Gasteiger partial charge in [-0.15, -0.1) is 0 Å². The van der Waals surface area contributed by atoms with Gasteiger partial charge in [0, 0.05) is 69.6 Å². The Labute approximate surface area is 196 Å². The van der Waals surface area contributed by atoms with Crippen LogP contribution in [0.25, 0.3) is 0 Å². The summed E-state index contributed by atoms with van der Waals surface area (Å²) in [6.07, 6.45) is 0.169. The van der Waals surface area contributed by atoms with Gasteiger partial charge in [0.2, 0.25) is 0 Å². The minimum atomic E-state index is 0.128. The van der Waals surface area contributed by atoms with Crippen molar-refractivity contribution in [1.82, 2.24) is 14.7 Å². The number of aryl methyl sites for hydroxylation is 1. The maximum absolute atomic E-state index is 12.8. The first kappa shape index (κ1) is 23.5. The van der Waals surface area contributed by atoms with Gasteiger partial charge in [-0.2, -0.15) is 0 Å². The topological polar surface area (TPSA) is 54.5 Å². The number of piperazine rings is 1. The molecule has 0 bridgehead atoms. The Morgan fingerprint density at radius 3 is 2.42 bits per heavy atom. The number of methoxy groups -OCH3 is 2. The Morgan fingerprint density at radius 2 is 1.73 bits per heavy atom. The summed E-state index contributed by atoms with van der Waals surface area (Å²) in [5, 5.41) is 0. The van der Waals surface area contributed by atoms with Crippen LogP contribution in [0.3, 0.4) is 0 Å². The number of hydrogen-bond acceptors (Lipinski definition) is 6. The van der Waals surface area contributed by atoms with Crippen molar-refractivity contribution in [2.75, 3.05) is 66.6 Å². The fourth-order valence-corrected chi connectivity index (χ4v) is 4.56. The van der Waals surface area contributed by atoms with Crippen molar-refractivity contribution in [3.05, 3.63) is 59.2 Å². The van der Waals surface area contributed by atoms with Crippen LogP contribution < -0.4 is 9.47 Å². The van der Waals surface area contributed by atoms with Crippen molar-refractivity contribution in [2.45, 2.75) is 19.6 Å². The second-order valence-corrected chi connectivity index (χ2v) is 8.86. The fraction of sp³-hybridized carbons (Fsp3) is 0.500. The Bertz CT molecular complexity index is 926. The minimum absolute atomic E-state index is 0.128. The van der Waals surface area contributed by atoms with Crippen LogP contribution in [0.4, 0.5) is 0 Å². The van der Waals surface area contributed by atoms with E-state index in [4.69, 9.17) is 14.2 Å². The molecule has 7 heteroatoms. The largest absolute Gasteiger partial charge is 0.497 e. The Balaban J connectivity index is 1.26. The van der Waals surface area contributed by atoms with Crippen molar-refractivity contribution < 1.29 is 19.0 Å². The van der Waals surface area contributed by atoms with Gasteiger partial charge in [0.05, 0.1) is 26.9 Å². The predicted molar refractivity (Wildman–Crippen MR) is 128 cm³/mol.